The number of benzene rings is 2. The SMILES string of the molecule is Cc1ccc(-n2c(Br)cnc2SC(C)(C)C(=O)CCC(=O)O)c2ccccc12. The summed E-state index contributed by atoms with van der Waals surface area (Å²) in [5.74, 6) is -1.08. The Labute approximate surface area is 176 Å². The van der Waals surface area contributed by atoms with E-state index in [2.05, 4.69) is 46.0 Å². The molecule has 28 heavy (non-hydrogen) atoms. The molecule has 0 fully saturated rings. The first kappa shape index (κ1) is 20.6. The van der Waals surface area contributed by atoms with Gasteiger partial charge in [0, 0.05) is 11.8 Å². The van der Waals surface area contributed by atoms with Gasteiger partial charge in [0.2, 0.25) is 0 Å². The van der Waals surface area contributed by atoms with Crippen molar-refractivity contribution in [1.82, 2.24) is 9.55 Å². The largest absolute Gasteiger partial charge is 0.481 e. The Balaban J connectivity index is 2.01. The van der Waals surface area contributed by atoms with E-state index >= 15 is 0 Å². The second-order valence-corrected chi connectivity index (χ2v) is 9.48. The summed E-state index contributed by atoms with van der Waals surface area (Å²) >= 11 is 4.92. The van der Waals surface area contributed by atoms with Crippen molar-refractivity contribution in [3.63, 3.8) is 0 Å². The van der Waals surface area contributed by atoms with Crippen molar-refractivity contribution in [2.45, 2.75) is 43.5 Å². The monoisotopic (exact) mass is 460 g/mol. The Bertz CT molecular complexity index is 1060. The molecule has 0 amide bonds. The molecule has 0 bridgehead atoms. The summed E-state index contributed by atoms with van der Waals surface area (Å²) in [6.45, 7) is 5.69. The first-order valence-electron chi connectivity index (χ1n) is 8.87. The van der Waals surface area contributed by atoms with E-state index in [0.717, 1.165) is 21.1 Å². The quantitative estimate of drug-likeness (QED) is 0.477. The van der Waals surface area contributed by atoms with Crippen LogP contribution in [0.15, 0.2) is 52.4 Å². The first-order chi connectivity index (χ1) is 13.2. The molecule has 0 aliphatic carbocycles. The van der Waals surface area contributed by atoms with Gasteiger partial charge in [-0.1, -0.05) is 42.1 Å². The average molecular weight is 461 g/mol. The van der Waals surface area contributed by atoms with Crippen molar-refractivity contribution < 1.29 is 14.7 Å². The van der Waals surface area contributed by atoms with Crippen LogP contribution in [-0.2, 0) is 9.59 Å². The zero-order chi connectivity index (χ0) is 20.5. The molecule has 1 N–H and O–H groups in total. The fourth-order valence-electron chi connectivity index (χ4n) is 3.04. The van der Waals surface area contributed by atoms with Gasteiger partial charge in [0.05, 0.1) is 23.1 Å². The number of hydrogen-bond donors (Lipinski definition) is 1. The Kier molecular flexibility index (Phi) is 5.95. The number of hydrogen-bond acceptors (Lipinski definition) is 4. The summed E-state index contributed by atoms with van der Waals surface area (Å²) < 4.78 is 1.98. The van der Waals surface area contributed by atoms with Gasteiger partial charge < -0.3 is 5.11 Å². The van der Waals surface area contributed by atoms with E-state index in [1.807, 2.05) is 36.6 Å². The number of Topliss-reactive ketones (excluding diaryl/α,β-unsaturated/α-hetero) is 1. The van der Waals surface area contributed by atoms with Crippen LogP contribution in [0, 0.1) is 6.92 Å². The summed E-state index contributed by atoms with van der Waals surface area (Å²) in [7, 11) is 0. The van der Waals surface area contributed by atoms with Crippen LogP contribution in [0.2, 0.25) is 0 Å². The number of aliphatic carboxylic acids is 1. The summed E-state index contributed by atoms with van der Waals surface area (Å²) in [4.78, 5) is 27.8. The molecule has 3 aromatic rings. The number of fused-ring (bicyclic) bond motifs is 1. The molecule has 5 nitrogen and oxygen atoms in total. The molecule has 0 unspecified atom stereocenters. The number of carbonyl (C=O) groups is 2. The minimum atomic E-state index is -0.968. The molecular formula is C21H21BrN2O3S. The number of halogens is 1. The fraction of sp³-hybridized carbons (Fsp3) is 0.286. The normalized spacial score (nSPS) is 11.7. The zero-order valence-corrected chi connectivity index (χ0v) is 18.3. The number of carboxylic acids is 1. The highest BCUT2D eigenvalue weighted by atomic mass is 79.9. The van der Waals surface area contributed by atoms with E-state index in [9.17, 15) is 9.59 Å². The molecule has 0 saturated carbocycles. The van der Waals surface area contributed by atoms with Crippen LogP contribution in [-0.4, -0.2) is 31.2 Å². The number of aromatic nitrogens is 2. The lowest BCUT2D eigenvalue weighted by Gasteiger charge is -2.23. The van der Waals surface area contributed by atoms with Gasteiger partial charge in [-0.3, -0.25) is 14.2 Å². The van der Waals surface area contributed by atoms with Gasteiger partial charge in [-0.2, -0.15) is 0 Å². The van der Waals surface area contributed by atoms with Crippen LogP contribution in [0.5, 0.6) is 0 Å². The Morgan fingerprint density at radius 1 is 1.14 bits per heavy atom. The van der Waals surface area contributed by atoms with E-state index in [-0.39, 0.29) is 18.6 Å². The van der Waals surface area contributed by atoms with E-state index in [1.165, 1.54) is 17.3 Å². The maximum atomic E-state index is 12.6. The van der Waals surface area contributed by atoms with Crippen molar-refractivity contribution in [3.05, 3.63) is 52.8 Å². The van der Waals surface area contributed by atoms with E-state index in [0.29, 0.717) is 5.16 Å². The second-order valence-electron chi connectivity index (χ2n) is 7.08. The number of ketones is 1. The summed E-state index contributed by atoms with van der Waals surface area (Å²) in [6.07, 6.45) is 1.56. The van der Waals surface area contributed by atoms with Crippen molar-refractivity contribution in [2.75, 3.05) is 0 Å². The standard InChI is InChI=1S/C21H21BrN2O3S/c1-13-8-9-16(15-7-5-4-6-14(13)15)24-18(22)12-23-20(24)28-21(2,3)17(25)10-11-19(26)27/h4-9,12H,10-11H2,1-3H3,(H,26,27). The van der Waals surface area contributed by atoms with Crippen LogP contribution >= 0.6 is 27.7 Å². The lowest BCUT2D eigenvalue weighted by atomic mass is 10.0. The van der Waals surface area contributed by atoms with E-state index in [1.54, 1.807) is 6.20 Å². The van der Waals surface area contributed by atoms with Gasteiger partial charge in [-0.25, -0.2) is 4.98 Å². The highest BCUT2D eigenvalue weighted by Crippen LogP contribution is 2.38. The molecule has 3 rings (SSSR count). The van der Waals surface area contributed by atoms with Crippen molar-refractivity contribution in [3.8, 4) is 5.69 Å². The topological polar surface area (TPSA) is 72.2 Å². The van der Waals surface area contributed by atoms with Crippen molar-refractivity contribution in [2.24, 2.45) is 0 Å². The first-order valence-corrected chi connectivity index (χ1v) is 10.5. The molecule has 0 spiro atoms. The lowest BCUT2D eigenvalue weighted by Crippen LogP contribution is -2.28. The molecule has 0 atom stereocenters. The van der Waals surface area contributed by atoms with Gasteiger partial charge in [-0.15, -0.1) is 0 Å². The maximum absolute atomic E-state index is 12.6. The van der Waals surface area contributed by atoms with Gasteiger partial charge in [0.1, 0.15) is 10.4 Å². The number of rotatable bonds is 7. The molecule has 0 saturated heterocycles. The molecule has 0 aliphatic heterocycles. The molecule has 146 valence electrons. The third-order valence-electron chi connectivity index (χ3n) is 4.63. The zero-order valence-electron chi connectivity index (χ0n) is 15.9. The maximum Gasteiger partial charge on any atom is 0.303 e. The van der Waals surface area contributed by atoms with Gasteiger partial charge in [0.15, 0.2) is 5.16 Å². The number of aryl methyl sites for hydroxylation is 1. The summed E-state index contributed by atoms with van der Waals surface area (Å²) in [5.41, 5.74) is 2.16. The summed E-state index contributed by atoms with van der Waals surface area (Å²) in [6, 6.07) is 12.3. The third kappa shape index (κ3) is 4.15. The average Bonchev–Trinajstić information content (AvgIpc) is 3.00. The van der Waals surface area contributed by atoms with E-state index < -0.39 is 10.7 Å². The van der Waals surface area contributed by atoms with Crippen LogP contribution in [0.25, 0.3) is 16.5 Å². The Hall–Kier alpha value is -2.12. The molecule has 0 aliphatic rings. The van der Waals surface area contributed by atoms with Gasteiger partial charge in [0.25, 0.3) is 0 Å². The van der Waals surface area contributed by atoms with Crippen molar-refractivity contribution >= 4 is 50.2 Å². The minimum absolute atomic E-state index is 0.00464. The molecule has 7 heteroatoms. The Morgan fingerprint density at radius 2 is 1.82 bits per heavy atom. The molecular weight excluding hydrogens is 440 g/mol. The number of carbonyl (C=O) groups excluding carboxylic acids is 1. The fourth-order valence-corrected chi connectivity index (χ4v) is 4.69. The molecule has 1 aromatic heterocycles. The predicted molar refractivity (Wildman–Crippen MR) is 115 cm³/mol. The number of thioether (sulfide) groups is 1. The molecule has 1 heterocycles. The minimum Gasteiger partial charge on any atom is -0.481 e. The van der Waals surface area contributed by atoms with Gasteiger partial charge >= 0.3 is 5.97 Å². The number of carboxylic acid groups (broad SMARTS) is 1. The van der Waals surface area contributed by atoms with Crippen LogP contribution in [0.1, 0.15) is 32.3 Å². The van der Waals surface area contributed by atoms with Crippen LogP contribution in [0.4, 0.5) is 0 Å². The number of nitrogens with zero attached hydrogens (tertiary/aromatic N) is 2. The smallest absolute Gasteiger partial charge is 0.303 e. The van der Waals surface area contributed by atoms with Crippen LogP contribution < -0.4 is 0 Å². The van der Waals surface area contributed by atoms with Gasteiger partial charge in [-0.05, 0) is 53.7 Å². The highest BCUT2D eigenvalue weighted by Gasteiger charge is 2.31. The highest BCUT2D eigenvalue weighted by molar-refractivity contribution is 9.10. The predicted octanol–water partition coefficient (Wildman–Crippen LogP) is 5.40. The summed E-state index contributed by atoms with van der Waals surface area (Å²) in [5, 5.41) is 11.8. The third-order valence-corrected chi connectivity index (χ3v) is 6.40. The molecule has 2 aromatic carbocycles. The van der Waals surface area contributed by atoms with Crippen LogP contribution in [0.3, 0.4) is 0 Å². The van der Waals surface area contributed by atoms with Crippen molar-refractivity contribution in [1.29, 1.82) is 0 Å². The lowest BCUT2D eigenvalue weighted by molar-refractivity contribution is -0.138. The number of imidazole rings is 1. The Morgan fingerprint density at radius 3 is 2.50 bits per heavy atom. The molecule has 0 radical (unpaired) electrons. The second kappa shape index (κ2) is 8.09. The van der Waals surface area contributed by atoms with E-state index in [4.69, 9.17) is 5.11 Å².